The fourth-order valence-electron chi connectivity index (χ4n) is 3.43. The van der Waals surface area contributed by atoms with E-state index in [4.69, 9.17) is 11.6 Å². The number of nitrogens with zero attached hydrogens (tertiary/aromatic N) is 2. The van der Waals surface area contributed by atoms with Gasteiger partial charge in [-0.3, -0.25) is 9.80 Å². The van der Waals surface area contributed by atoms with E-state index in [0.29, 0.717) is 11.5 Å². The summed E-state index contributed by atoms with van der Waals surface area (Å²) in [5.41, 5.74) is 2.55. The third kappa shape index (κ3) is 3.82. The monoisotopic (exact) mass is 342 g/mol. The Morgan fingerprint density at radius 3 is 2.55 bits per heavy atom. The highest BCUT2D eigenvalue weighted by Crippen LogP contribution is 2.21. The number of benzene rings is 1. The van der Waals surface area contributed by atoms with Gasteiger partial charge in [0.25, 0.3) is 0 Å². The highest BCUT2D eigenvalue weighted by atomic mass is 35.5. The molecule has 0 saturated carbocycles. The molecule has 2 aliphatic rings. The molecular formula is C16H23ClN2O2S. The van der Waals surface area contributed by atoms with Crippen molar-refractivity contribution in [1.82, 2.24) is 9.80 Å². The van der Waals surface area contributed by atoms with Gasteiger partial charge in [0.15, 0.2) is 9.84 Å². The number of sulfone groups is 1. The molecule has 4 nitrogen and oxygen atoms in total. The van der Waals surface area contributed by atoms with Crippen LogP contribution in [0.3, 0.4) is 0 Å². The van der Waals surface area contributed by atoms with Crippen LogP contribution < -0.4 is 0 Å². The Morgan fingerprint density at radius 2 is 1.95 bits per heavy atom. The summed E-state index contributed by atoms with van der Waals surface area (Å²) in [5.74, 6) is 0.713. The van der Waals surface area contributed by atoms with E-state index >= 15 is 0 Å². The Kier molecular flexibility index (Phi) is 4.78. The molecule has 122 valence electrons. The minimum atomic E-state index is -2.78. The average Bonchev–Trinajstić information content (AvgIpc) is 2.83. The van der Waals surface area contributed by atoms with Gasteiger partial charge in [-0.25, -0.2) is 8.42 Å². The van der Waals surface area contributed by atoms with Crippen molar-refractivity contribution in [2.24, 2.45) is 0 Å². The van der Waals surface area contributed by atoms with E-state index in [0.717, 1.165) is 44.2 Å². The van der Waals surface area contributed by atoms with Crippen LogP contribution in [0.2, 0.25) is 5.02 Å². The number of aryl methyl sites for hydroxylation is 1. The van der Waals surface area contributed by atoms with Crippen molar-refractivity contribution in [2.45, 2.75) is 25.9 Å². The second-order valence-electron chi connectivity index (χ2n) is 6.44. The molecule has 1 aromatic rings. The topological polar surface area (TPSA) is 40.6 Å². The first-order valence-electron chi connectivity index (χ1n) is 7.85. The number of hydrogen-bond donors (Lipinski definition) is 0. The summed E-state index contributed by atoms with van der Waals surface area (Å²) >= 11 is 6.01. The van der Waals surface area contributed by atoms with Gasteiger partial charge < -0.3 is 0 Å². The SMILES string of the molecule is Cc1cc(Cl)ccc1CN1CCN([C@H]2CCS(=O)(=O)C2)CC1. The van der Waals surface area contributed by atoms with Gasteiger partial charge in [-0.15, -0.1) is 0 Å². The van der Waals surface area contributed by atoms with E-state index in [2.05, 4.69) is 22.8 Å². The van der Waals surface area contributed by atoms with Gasteiger partial charge in [0.1, 0.15) is 0 Å². The molecule has 2 aliphatic heterocycles. The molecule has 3 rings (SSSR count). The fraction of sp³-hybridized carbons (Fsp3) is 0.625. The van der Waals surface area contributed by atoms with Crippen LogP contribution >= 0.6 is 11.6 Å². The zero-order valence-corrected chi connectivity index (χ0v) is 14.5. The van der Waals surface area contributed by atoms with Crippen LogP contribution in [-0.4, -0.2) is 61.9 Å². The van der Waals surface area contributed by atoms with Crippen molar-refractivity contribution >= 4 is 21.4 Å². The molecule has 6 heteroatoms. The fourth-order valence-corrected chi connectivity index (χ4v) is 5.42. The summed E-state index contributed by atoms with van der Waals surface area (Å²) in [6, 6.07) is 6.30. The summed E-state index contributed by atoms with van der Waals surface area (Å²) in [7, 11) is -2.78. The lowest BCUT2D eigenvalue weighted by atomic mass is 10.1. The van der Waals surface area contributed by atoms with Crippen molar-refractivity contribution in [3.8, 4) is 0 Å². The zero-order valence-electron chi connectivity index (χ0n) is 13.0. The Balaban J connectivity index is 1.54. The van der Waals surface area contributed by atoms with Crippen molar-refractivity contribution in [2.75, 3.05) is 37.7 Å². The third-order valence-electron chi connectivity index (χ3n) is 4.83. The van der Waals surface area contributed by atoms with Crippen molar-refractivity contribution < 1.29 is 8.42 Å². The Hall–Kier alpha value is -0.620. The molecule has 2 fully saturated rings. The molecule has 0 N–H and O–H groups in total. The second-order valence-corrected chi connectivity index (χ2v) is 9.10. The van der Waals surface area contributed by atoms with Gasteiger partial charge in [0, 0.05) is 43.8 Å². The van der Waals surface area contributed by atoms with Gasteiger partial charge in [0.05, 0.1) is 11.5 Å². The van der Waals surface area contributed by atoms with Gasteiger partial charge in [-0.05, 0) is 36.6 Å². The van der Waals surface area contributed by atoms with E-state index in [1.807, 2.05) is 12.1 Å². The smallest absolute Gasteiger partial charge is 0.151 e. The first kappa shape index (κ1) is 16.2. The van der Waals surface area contributed by atoms with E-state index < -0.39 is 9.84 Å². The molecule has 0 aromatic heterocycles. The molecule has 0 spiro atoms. The average molecular weight is 343 g/mol. The van der Waals surface area contributed by atoms with Crippen LogP contribution in [0.25, 0.3) is 0 Å². The molecule has 22 heavy (non-hydrogen) atoms. The van der Waals surface area contributed by atoms with Gasteiger partial charge in [0.2, 0.25) is 0 Å². The molecule has 1 aromatic carbocycles. The standard InChI is InChI=1S/C16H23ClN2O2S/c1-13-10-15(17)3-2-14(13)11-18-5-7-19(8-6-18)16-4-9-22(20,21)12-16/h2-3,10,16H,4-9,11-12H2,1H3/t16-/m0/s1. The minimum Gasteiger partial charge on any atom is -0.297 e. The molecule has 2 heterocycles. The molecule has 2 saturated heterocycles. The normalized spacial score (nSPS) is 26.4. The predicted molar refractivity (Wildman–Crippen MR) is 90.1 cm³/mol. The quantitative estimate of drug-likeness (QED) is 0.842. The van der Waals surface area contributed by atoms with E-state index in [1.165, 1.54) is 11.1 Å². The lowest BCUT2D eigenvalue weighted by molar-refractivity contribution is 0.0999. The van der Waals surface area contributed by atoms with Crippen LogP contribution in [0, 0.1) is 6.92 Å². The summed E-state index contributed by atoms with van der Waals surface area (Å²) < 4.78 is 23.2. The van der Waals surface area contributed by atoms with Crippen molar-refractivity contribution in [3.05, 3.63) is 34.3 Å². The van der Waals surface area contributed by atoms with E-state index in [1.54, 1.807) is 0 Å². The molecule has 0 bridgehead atoms. The van der Waals surface area contributed by atoms with Crippen molar-refractivity contribution in [3.63, 3.8) is 0 Å². The zero-order chi connectivity index (χ0) is 15.7. The van der Waals surface area contributed by atoms with Gasteiger partial charge >= 0.3 is 0 Å². The number of halogens is 1. The number of rotatable bonds is 3. The lowest BCUT2D eigenvalue weighted by Gasteiger charge is -2.37. The number of hydrogen-bond acceptors (Lipinski definition) is 4. The van der Waals surface area contributed by atoms with E-state index in [-0.39, 0.29) is 6.04 Å². The maximum absolute atomic E-state index is 11.6. The van der Waals surface area contributed by atoms with Crippen molar-refractivity contribution in [1.29, 1.82) is 0 Å². The summed E-state index contributed by atoms with van der Waals surface area (Å²) in [4.78, 5) is 4.80. The highest BCUT2D eigenvalue weighted by molar-refractivity contribution is 7.91. The minimum absolute atomic E-state index is 0.240. The summed E-state index contributed by atoms with van der Waals surface area (Å²) in [6.07, 6.45) is 0.804. The second kappa shape index (κ2) is 6.48. The van der Waals surface area contributed by atoms with Gasteiger partial charge in [-0.1, -0.05) is 17.7 Å². The lowest BCUT2D eigenvalue weighted by Crippen LogP contribution is -2.50. The molecule has 1 atom stereocenters. The first-order chi connectivity index (χ1) is 10.4. The van der Waals surface area contributed by atoms with Crippen LogP contribution in [0.15, 0.2) is 18.2 Å². The Labute approximate surface area is 138 Å². The number of piperazine rings is 1. The maximum Gasteiger partial charge on any atom is 0.151 e. The largest absolute Gasteiger partial charge is 0.297 e. The van der Waals surface area contributed by atoms with Gasteiger partial charge in [-0.2, -0.15) is 0 Å². The van der Waals surface area contributed by atoms with Crippen LogP contribution in [-0.2, 0) is 16.4 Å². The van der Waals surface area contributed by atoms with Crippen LogP contribution in [0.5, 0.6) is 0 Å². The summed E-state index contributed by atoms with van der Waals surface area (Å²) in [6.45, 7) is 6.97. The van der Waals surface area contributed by atoms with E-state index in [9.17, 15) is 8.42 Å². The molecule has 0 radical (unpaired) electrons. The molecule has 0 unspecified atom stereocenters. The third-order valence-corrected chi connectivity index (χ3v) is 6.82. The molecular weight excluding hydrogens is 320 g/mol. The summed E-state index contributed by atoms with van der Waals surface area (Å²) in [5, 5.41) is 0.786. The maximum atomic E-state index is 11.6. The molecule has 0 aliphatic carbocycles. The highest BCUT2D eigenvalue weighted by Gasteiger charge is 2.33. The van der Waals surface area contributed by atoms with Crippen LogP contribution in [0.4, 0.5) is 0 Å². The Morgan fingerprint density at radius 1 is 1.23 bits per heavy atom. The predicted octanol–water partition coefficient (Wildman–Crippen LogP) is 1.95. The Bertz CT molecular complexity index is 640. The molecule has 0 amide bonds. The first-order valence-corrected chi connectivity index (χ1v) is 10.0. The van der Waals surface area contributed by atoms with Crippen LogP contribution in [0.1, 0.15) is 17.5 Å².